The van der Waals surface area contributed by atoms with E-state index in [0.29, 0.717) is 25.1 Å². The first-order valence-electron chi connectivity index (χ1n) is 8.08. The minimum atomic E-state index is -0.0367. The van der Waals surface area contributed by atoms with E-state index in [2.05, 4.69) is 28.9 Å². The number of aryl methyl sites for hydroxylation is 1. The SMILES string of the molecule is CC(C)c1nc2c(o1)CCN(C(=O)c1cnc3cnn(C)c3c1)C2. The van der Waals surface area contributed by atoms with Crippen LogP contribution in [0.15, 0.2) is 22.9 Å². The second-order valence-corrected chi connectivity index (χ2v) is 6.45. The molecule has 0 spiro atoms. The summed E-state index contributed by atoms with van der Waals surface area (Å²) in [5, 5.41) is 4.16. The molecule has 1 aliphatic heterocycles. The van der Waals surface area contributed by atoms with Crippen LogP contribution < -0.4 is 0 Å². The molecule has 0 saturated heterocycles. The number of rotatable bonds is 2. The molecule has 0 N–H and O–H groups in total. The fourth-order valence-corrected chi connectivity index (χ4v) is 2.96. The van der Waals surface area contributed by atoms with Gasteiger partial charge in [0, 0.05) is 32.1 Å². The van der Waals surface area contributed by atoms with Gasteiger partial charge in [0.15, 0.2) is 5.89 Å². The van der Waals surface area contributed by atoms with Crippen molar-refractivity contribution in [2.75, 3.05) is 6.54 Å². The Hall–Kier alpha value is -2.70. The summed E-state index contributed by atoms with van der Waals surface area (Å²) < 4.78 is 7.51. The largest absolute Gasteiger partial charge is 0.445 e. The lowest BCUT2D eigenvalue weighted by atomic mass is 10.1. The van der Waals surface area contributed by atoms with E-state index in [1.165, 1.54) is 0 Å². The van der Waals surface area contributed by atoms with E-state index in [1.54, 1.807) is 22.0 Å². The fraction of sp³-hybridized carbons (Fsp3) is 0.412. The number of hydrogen-bond acceptors (Lipinski definition) is 5. The molecule has 0 aliphatic carbocycles. The third kappa shape index (κ3) is 2.36. The topological polar surface area (TPSA) is 77.1 Å². The van der Waals surface area contributed by atoms with E-state index in [0.717, 1.165) is 28.4 Å². The number of hydrogen-bond donors (Lipinski definition) is 0. The highest BCUT2D eigenvalue weighted by molar-refractivity contribution is 5.96. The summed E-state index contributed by atoms with van der Waals surface area (Å²) in [4.78, 5) is 23.5. The molecule has 0 saturated carbocycles. The standard InChI is InChI=1S/C17H19N5O2/c1-10(2)16-20-13-9-22(5-4-15(13)24-16)17(23)11-6-14-12(18-7-11)8-19-21(14)3/h6-8,10H,4-5,9H2,1-3H3. The van der Waals surface area contributed by atoms with Crippen LogP contribution in [0.4, 0.5) is 0 Å². The summed E-state index contributed by atoms with van der Waals surface area (Å²) in [7, 11) is 1.84. The number of fused-ring (bicyclic) bond motifs is 2. The van der Waals surface area contributed by atoms with Gasteiger partial charge in [-0.1, -0.05) is 13.8 Å². The highest BCUT2D eigenvalue weighted by Crippen LogP contribution is 2.25. The van der Waals surface area contributed by atoms with Gasteiger partial charge in [0.05, 0.1) is 23.8 Å². The van der Waals surface area contributed by atoms with Gasteiger partial charge < -0.3 is 9.32 Å². The van der Waals surface area contributed by atoms with Gasteiger partial charge in [0.2, 0.25) is 0 Å². The Labute approximate surface area is 139 Å². The Balaban J connectivity index is 1.60. The van der Waals surface area contributed by atoms with Crippen LogP contribution in [0.5, 0.6) is 0 Å². The molecular weight excluding hydrogens is 306 g/mol. The molecule has 7 heteroatoms. The van der Waals surface area contributed by atoms with Crippen molar-refractivity contribution in [1.82, 2.24) is 24.6 Å². The van der Waals surface area contributed by atoms with Crippen molar-refractivity contribution in [2.24, 2.45) is 7.05 Å². The minimum absolute atomic E-state index is 0.0367. The van der Waals surface area contributed by atoms with E-state index >= 15 is 0 Å². The van der Waals surface area contributed by atoms with Crippen molar-refractivity contribution in [3.8, 4) is 0 Å². The quantitative estimate of drug-likeness (QED) is 0.722. The van der Waals surface area contributed by atoms with Crippen molar-refractivity contribution >= 4 is 16.9 Å². The molecule has 0 bridgehead atoms. The number of nitrogens with zero attached hydrogens (tertiary/aromatic N) is 5. The Morgan fingerprint density at radius 1 is 1.33 bits per heavy atom. The van der Waals surface area contributed by atoms with E-state index in [4.69, 9.17) is 4.42 Å². The summed E-state index contributed by atoms with van der Waals surface area (Å²) in [5.41, 5.74) is 3.07. The first-order valence-corrected chi connectivity index (χ1v) is 8.08. The van der Waals surface area contributed by atoms with Crippen LogP contribution in [0.25, 0.3) is 11.0 Å². The number of pyridine rings is 1. The smallest absolute Gasteiger partial charge is 0.255 e. The Bertz CT molecular complexity index is 924. The zero-order valence-electron chi connectivity index (χ0n) is 14.0. The zero-order chi connectivity index (χ0) is 16.8. The van der Waals surface area contributed by atoms with Gasteiger partial charge in [-0.05, 0) is 6.07 Å². The number of carbonyl (C=O) groups excluding carboxylic acids is 1. The number of aromatic nitrogens is 4. The molecule has 1 aliphatic rings. The maximum atomic E-state index is 12.8. The van der Waals surface area contributed by atoms with E-state index < -0.39 is 0 Å². The summed E-state index contributed by atoms with van der Waals surface area (Å²) in [6.07, 6.45) is 4.01. The summed E-state index contributed by atoms with van der Waals surface area (Å²) in [5.74, 6) is 1.86. The number of amides is 1. The van der Waals surface area contributed by atoms with Crippen LogP contribution >= 0.6 is 0 Å². The van der Waals surface area contributed by atoms with Gasteiger partial charge in [-0.25, -0.2) is 4.98 Å². The second kappa shape index (κ2) is 5.43. The zero-order valence-corrected chi connectivity index (χ0v) is 14.0. The Morgan fingerprint density at radius 2 is 2.17 bits per heavy atom. The molecule has 124 valence electrons. The van der Waals surface area contributed by atoms with Crippen molar-refractivity contribution in [1.29, 1.82) is 0 Å². The number of oxazole rings is 1. The van der Waals surface area contributed by atoms with Crippen LogP contribution in [-0.2, 0) is 20.0 Å². The third-order valence-corrected chi connectivity index (χ3v) is 4.37. The van der Waals surface area contributed by atoms with Crippen molar-refractivity contribution in [2.45, 2.75) is 32.7 Å². The maximum absolute atomic E-state index is 12.8. The molecule has 3 aromatic rings. The second-order valence-electron chi connectivity index (χ2n) is 6.45. The summed E-state index contributed by atoms with van der Waals surface area (Å²) >= 11 is 0. The molecular formula is C17H19N5O2. The van der Waals surface area contributed by atoms with Crippen LogP contribution in [0.3, 0.4) is 0 Å². The summed E-state index contributed by atoms with van der Waals surface area (Å²) in [6.45, 7) is 5.21. The van der Waals surface area contributed by atoms with Gasteiger partial charge in [-0.15, -0.1) is 0 Å². The van der Waals surface area contributed by atoms with E-state index in [-0.39, 0.29) is 11.8 Å². The van der Waals surface area contributed by atoms with Crippen molar-refractivity contribution in [3.05, 3.63) is 41.4 Å². The summed E-state index contributed by atoms with van der Waals surface area (Å²) in [6, 6.07) is 1.84. The average molecular weight is 325 g/mol. The Morgan fingerprint density at radius 3 is 2.96 bits per heavy atom. The van der Waals surface area contributed by atoms with E-state index in [1.807, 2.05) is 13.1 Å². The molecule has 0 aromatic carbocycles. The molecule has 0 atom stereocenters. The van der Waals surface area contributed by atoms with Crippen LogP contribution in [0.1, 0.15) is 47.5 Å². The van der Waals surface area contributed by atoms with Gasteiger partial charge in [0.1, 0.15) is 17.0 Å². The third-order valence-electron chi connectivity index (χ3n) is 4.37. The minimum Gasteiger partial charge on any atom is -0.445 e. The predicted octanol–water partition coefficient (Wildman–Crippen LogP) is 2.28. The molecule has 4 heterocycles. The normalized spacial score (nSPS) is 14.4. The highest BCUT2D eigenvalue weighted by Gasteiger charge is 2.27. The lowest BCUT2D eigenvalue weighted by Gasteiger charge is -2.25. The molecule has 1 amide bonds. The lowest BCUT2D eigenvalue weighted by molar-refractivity contribution is 0.0727. The molecule has 0 unspecified atom stereocenters. The van der Waals surface area contributed by atoms with Crippen LogP contribution in [-0.4, -0.2) is 37.1 Å². The average Bonchev–Trinajstić information content (AvgIpc) is 3.17. The monoisotopic (exact) mass is 325 g/mol. The van der Waals surface area contributed by atoms with Gasteiger partial charge in [-0.2, -0.15) is 5.10 Å². The first kappa shape index (κ1) is 14.9. The predicted molar refractivity (Wildman–Crippen MR) is 87.5 cm³/mol. The van der Waals surface area contributed by atoms with Crippen LogP contribution in [0, 0.1) is 0 Å². The molecule has 7 nitrogen and oxygen atoms in total. The highest BCUT2D eigenvalue weighted by atomic mass is 16.4. The van der Waals surface area contributed by atoms with Gasteiger partial charge in [-0.3, -0.25) is 14.5 Å². The molecule has 4 rings (SSSR count). The van der Waals surface area contributed by atoms with Crippen molar-refractivity contribution in [3.63, 3.8) is 0 Å². The van der Waals surface area contributed by atoms with Crippen LogP contribution in [0.2, 0.25) is 0 Å². The molecule has 0 radical (unpaired) electrons. The molecule has 3 aromatic heterocycles. The first-order chi connectivity index (χ1) is 11.5. The number of carbonyl (C=O) groups is 1. The molecule has 24 heavy (non-hydrogen) atoms. The maximum Gasteiger partial charge on any atom is 0.255 e. The van der Waals surface area contributed by atoms with Gasteiger partial charge >= 0.3 is 0 Å². The van der Waals surface area contributed by atoms with Crippen molar-refractivity contribution < 1.29 is 9.21 Å². The fourth-order valence-electron chi connectivity index (χ4n) is 2.96. The van der Waals surface area contributed by atoms with Gasteiger partial charge in [0.25, 0.3) is 5.91 Å². The Kier molecular flexibility index (Phi) is 3.37. The lowest BCUT2D eigenvalue weighted by Crippen LogP contribution is -2.35. The van der Waals surface area contributed by atoms with E-state index in [9.17, 15) is 4.79 Å². The molecule has 0 fully saturated rings.